The summed E-state index contributed by atoms with van der Waals surface area (Å²) in [6.45, 7) is 6.41. The van der Waals surface area contributed by atoms with Crippen LogP contribution in [0, 0.1) is 5.82 Å². The summed E-state index contributed by atoms with van der Waals surface area (Å²) >= 11 is 0. The molecule has 4 aromatic rings. The van der Waals surface area contributed by atoms with Gasteiger partial charge in [0.2, 0.25) is 0 Å². The lowest BCUT2D eigenvalue weighted by Gasteiger charge is -2.29. The zero-order valence-corrected chi connectivity index (χ0v) is 23.9. The van der Waals surface area contributed by atoms with Crippen LogP contribution in [0.5, 0.6) is 0 Å². The van der Waals surface area contributed by atoms with Gasteiger partial charge in [-0.25, -0.2) is 14.0 Å². The number of benzene rings is 2. The summed E-state index contributed by atoms with van der Waals surface area (Å²) in [6.07, 6.45) is 3.18. The molecular formula is C32H32FN5O4. The molecule has 42 heavy (non-hydrogen) atoms. The molecule has 0 radical (unpaired) electrons. The fraction of sp³-hybridized carbons (Fsp3) is 0.250. The number of amides is 3. The predicted molar refractivity (Wildman–Crippen MR) is 158 cm³/mol. The Morgan fingerprint density at radius 1 is 1.12 bits per heavy atom. The Labute approximate surface area is 243 Å². The van der Waals surface area contributed by atoms with Gasteiger partial charge in [-0.15, -0.1) is 0 Å². The molecule has 0 aliphatic carbocycles. The number of carbonyl (C=O) groups is 3. The smallest absolute Gasteiger partial charge is 0.341 e. The van der Waals surface area contributed by atoms with Crippen LogP contribution >= 0.6 is 0 Å². The van der Waals surface area contributed by atoms with E-state index in [1.54, 1.807) is 20.2 Å². The Bertz CT molecular complexity index is 1680. The summed E-state index contributed by atoms with van der Waals surface area (Å²) in [5, 5.41) is 3.72. The summed E-state index contributed by atoms with van der Waals surface area (Å²) < 4.78 is 18.9. The summed E-state index contributed by atoms with van der Waals surface area (Å²) in [5.74, 6) is -1.38. The van der Waals surface area contributed by atoms with E-state index in [2.05, 4.69) is 15.3 Å². The number of fused-ring (bicyclic) bond motifs is 3. The fourth-order valence-electron chi connectivity index (χ4n) is 5.23. The number of aromatic nitrogens is 2. The van der Waals surface area contributed by atoms with Crippen molar-refractivity contribution >= 4 is 40.1 Å². The van der Waals surface area contributed by atoms with E-state index in [1.807, 2.05) is 50.2 Å². The van der Waals surface area contributed by atoms with Gasteiger partial charge in [0, 0.05) is 53.6 Å². The third kappa shape index (κ3) is 5.60. The van der Waals surface area contributed by atoms with Crippen LogP contribution in [-0.4, -0.2) is 53.0 Å². The van der Waals surface area contributed by atoms with Crippen LogP contribution in [0.2, 0.25) is 0 Å². The molecule has 0 saturated heterocycles. The number of hydrogen-bond acceptors (Lipinski definition) is 5. The number of urea groups is 1. The van der Waals surface area contributed by atoms with Crippen molar-refractivity contribution in [3.8, 4) is 0 Å². The van der Waals surface area contributed by atoms with Crippen molar-refractivity contribution in [3.05, 3.63) is 101 Å². The number of halogens is 1. The molecule has 2 aromatic heterocycles. The molecule has 0 fully saturated rings. The minimum atomic E-state index is -0.610. The Balaban J connectivity index is 1.51. The van der Waals surface area contributed by atoms with Gasteiger partial charge in [-0.3, -0.25) is 14.7 Å². The number of nitrogens with one attached hydrogen (secondary N) is 2. The van der Waals surface area contributed by atoms with Crippen LogP contribution in [0.3, 0.4) is 0 Å². The largest absolute Gasteiger partial charge is 0.462 e. The number of H-pyrrole nitrogens is 1. The molecule has 10 heteroatoms. The number of rotatable bonds is 6. The number of carbonyl (C=O) groups excluding carboxylic acids is 3. The molecule has 2 N–H and O–H groups in total. The Hall–Kier alpha value is -4.99. The van der Waals surface area contributed by atoms with Gasteiger partial charge in [0.1, 0.15) is 5.82 Å². The molecule has 3 heterocycles. The minimum Gasteiger partial charge on any atom is -0.462 e. The van der Waals surface area contributed by atoms with Crippen molar-refractivity contribution < 1.29 is 23.5 Å². The van der Waals surface area contributed by atoms with Crippen LogP contribution in [0.15, 0.2) is 73.1 Å². The van der Waals surface area contributed by atoms with E-state index in [4.69, 9.17) is 4.74 Å². The van der Waals surface area contributed by atoms with Crippen LogP contribution in [0.4, 0.5) is 14.9 Å². The maximum absolute atomic E-state index is 13.5. The van der Waals surface area contributed by atoms with E-state index in [0.717, 1.165) is 22.2 Å². The van der Waals surface area contributed by atoms with E-state index >= 15 is 0 Å². The topological polar surface area (TPSA) is 108 Å². The molecule has 0 atom stereocenters. The second kappa shape index (κ2) is 11.5. The normalized spacial score (nSPS) is 14.0. The van der Waals surface area contributed by atoms with Crippen molar-refractivity contribution in [1.82, 2.24) is 20.2 Å². The lowest BCUT2D eigenvalue weighted by molar-refractivity contribution is -0.136. The Kier molecular flexibility index (Phi) is 7.80. The average Bonchev–Trinajstić information content (AvgIpc) is 3.32. The predicted octanol–water partition coefficient (Wildman–Crippen LogP) is 5.39. The zero-order chi connectivity index (χ0) is 30.0. The molecule has 2 aromatic carbocycles. The maximum atomic E-state index is 13.5. The van der Waals surface area contributed by atoms with Crippen LogP contribution in [-0.2, 0) is 21.5 Å². The molecule has 0 spiro atoms. The number of ether oxygens (including phenoxy) is 1. The lowest BCUT2D eigenvalue weighted by Crippen LogP contribution is -2.37. The number of hydrogen-bond donors (Lipinski definition) is 2. The van der Waals surface area contributed by atoms with E-state index in [9.17, 15) is 18.8 Å². The van der Waals surface area contributed by atoms with Gasteiger partial charge in [0.25, 0.3) is 5.91 Å². The standard InChI is InChI=1S/C32H32FN5O4/c1-5-42-30(40)25-18-38(29(39)20-9-11-21(33)12-10-20)19-32(2,3)27-24-14-13-23(16-26(24)36-28(25)27)37(4)31(41)35-17-22-8-6-7-15-34-22/h6-16,18,36H,5,17,19H2,1-4H3,(H,35,41). The SMILES string of the molecule is CCOC(=O)C1=CN(C(=O)c2ccc(F)cc2)CC(C)(C)c2c1[nH]c1cc(N(C)C(=O)NCc3ccccn3)ccc21. The van der Waals surface area contributed by atoms with Gasteiger partial charge >= 0.3 is 12.0 Å². The molecule has 3 amide bonds. The van der Waals surface area contributed by atoms with Gasteiger partial charge in [0.15, 0.2) is 0 Å². The molecule has 0 saturated carbocycles. The van der Waals surface area contributed by atoms with Crippen molar-refractivity contribution in [2.24, 2.45) is 0 Å². The maximum Gasteiger partial charge on any atom is 0.341 e. The summed E-state index contributed by atoms with van der Waals surface area (Å²) in [5.41, 5.74) is 3.40. The third-order valence-electron chi connectivity index (χ3n) is 7.27. The van der Waals surface area contributed by atoms with Crippen LogP contribution in [0.25, 0.3) is 16.5 Å². The first-order valence-corrected chi connectivity index (χ1v) is 13.6. The highest BCUT2D eigenvalue weighted by Crippen LogP contribution is 2.41. The molecular weight excluding hydrogens is 537 g/mol. The van der Waals surface area contributed by atoms with Crippen molar-refractivity contribution in [1.29, 1.82) is 0 Å². The number of esters is 1. The third-order valence-corrected chi connectivity index (χ3v) is 7.27. The number of nitrogens with zero attached hydrogens (tertiary/aromatic N) is 3. The highest BCUT2D eigenvalue weighted by atomic mass is 19.1. The van der Waals surface area contributed by atoms with Crippen molar-refractivity contribution in [2.45, 2.75) is 32.7 Å². The molecule has 9 nitrogen and oxygen atoms in total. The Morgan fingerprint density at radius 2 is 1.88 bits per heavy atom. The van der Waals surface area contributed by atoms with Crippen molar-refractivity contribution in [3.63, 3.8) is 0 Å². The fourth-order valence-corrected chi connectivity index (χ4v) is 5.23. The van der Waals surface area contributed by atoms with Gasteiger partial charge in [0.05, 0.1) is 30.1 Å². The summed E-state index contributed by atoms with van der Waals surface area (Å²) in [7, 11) is 1.68. The van der Waals surface area contributed by atoms with Gasteiger partial charge in [-0.2, -0.15) is 0 Å². The molecule has 216 valence electrons. The zero-order valence-electron chi connectivity index (χ0n) is 23.9. The van der Waals surface area contributed by atoms with Gasteiger partial charge in [-0.05, 0) is 61.0 Å². The molecule has 5 rings (SSSR count). The van der Waals surface area contributed by atoms with Gasteiger partial charge in [-0.1, -0.05) is 26.0 Å². The average molecular weight is 570 g/mol. The first-order valence-electron chi connectivity index (χ1n) is 13.6. The number of aromatic amines is 1. The number of pyridine rings is 1. The lowest BCUT2D eigenvalue weighted by atomic mass is 9.81. The molecule has 1 aliphatic heterocycles. The first-order chi connectivity index (χ1) is 20.1. The van der Waals surface area contributed by atoms with E-state index < -0.39 is 17.2 Å². The molecule has 0 unspecified atom stereocenters. The van der Waals surface area contributed by atoms with E-state index in [-0.39, 0.29) is 37.2 Å². The molecule has 1 aliphatic rings. The number of anilines is 1. The minimum absolute atomic E-state index is 0.156. The van der Waals surface area contributed by atoms with E-state index in [1.165, 1.54) is 40.3 Å². The molecule has 0 bridgehead atoms. The van der Waals surface area contributed by atoms with Crippen molar-refractivity contribution in [2.75, 3.05) is 25.1 Å². The highest BCUT2D eigenvalue weighted by molar-refractivity contribution is 6.18. The quantitative estimate of drug-likeness (QED) is 0.303. The Morgan fingerprint density at radius 3 is 2.57 bits per heavy atom. The van der Waals surface area contributed by atoms with Crippen LogP contribution in [0.1, 0.15) is 48.1 Å². The second-order valence-corrected chi connectivity index (χ2v) is 10.7. The first kappa shape index (κ1) is 28.5. The second-order valence-electron chi connectivity index (χ2n) is 10.7. The van der Waals surface area contributed by atoms with Gasteiger partial charge < -0.3 is 19.9 Å². The summed E-state index contributed by atoms with van der Waals surface area (Å²) in [6, 6.07) is 16.1. The highest BCUT2D eigenvalue weighted by Gasteiger charge is 2.37. The van der Waals surface area contributed by atoms with Crippen LogP contribution < -0.4 is 10.2 Å². The van der Waals surface area contributed by atoms with E-state index in [0.29, 0.717) is 16.9 Å². The summed E-state index contributed by atoms with van der Waals surface area (Å²) in [4.78, 5) is 50.2. The monoisotopic (exact) mass is 569 g/mol.